The van der Waals surface area contributed by atoms with Gasteiger partial charge in [-0.1, -0.05) is 31.2 Å². The number of carboxylic acid groups (broad SMARTS) is 1. The number of amides is 1. The average Bonchev–Trinajstić information content (AvgIpc) is 2.66. The number of nitrogen functional groups attached to an aromatic ring is 1. The van der Waals surface area contributed by atoms with E-state index in [1.54, 1.807) is 36.1 Å². The van der Waals surface area contributed by atoms with Gasteiger partial charge in [0.1, 0.15) is 12.4 Å². The van der Waals surface area contributed by atoms with Crippen LogP contribution in [0.1, 0.15) is 42.1 Å². The van der Waals surface area contributed by atoms with Crippen LogP contribution in [0.5, 0.6) is 0 Å². The van der Waals surface area contributed by atoms with Crippen molar-refractivity contribution in [3.05, 3.63) is 35.4 Å². The van der Waals surface area contributed by atoms with Gasteiger partial charge in [0.2, 0.25) is 5.91 Å². The molecule has 0 aliphatic carbocycles. The Morgan fingerprint density at radius 1 is 1.21 bits per heavy atom. The first kappa shape index (κ1) is 23.6. The number of amidine groups is 1. The maximum Gasteiger partial charge on any atom is 0.329 e. The average molecular weight is 412 g/mol. The summed E-state index contributed by atoms with van der Waals surface area (Å²) in [5.41, 5.74) is 6.43. The molecular formula is C19H26ClN3O5. The van der Waals surface area contributed by atoms with Crippen molar-refractivity contribution in [2.45, 2.75) is 32.3 Å². The smallest absolute Gasteiger partial charge is 0.329 e. The lowest BCUT2D eigenvalue weighted by Gasteiger charge is -2.33. The molecule has 0 bridgehead atoms. The number of nitrogens with one attached hydrogen (secondary N) is 1. The van der Waals surface area contributed by atoms with Gasteiger partial charge in [-0.25, -0.2) is 4.79 Å². The Labute approximate surface area is 170 Å². The van der Waals surface area contributed by atoms with Crippen molar-refractivity contribution in [3.8, 4) is 0 Å². The SMILES string of the molecule is CC(CC(=O)c1ccc(C(=N)N)cc1)C(=O)N1CCC(OCC(=O)O)CC1.Cl. The fourth-order valence-corrected chi connectivity index (χ4v) is 3.06. The molecule has 154 valence electrons. The molecule has 28 heavy (non-hydrogen) atoms. The fourth-order valence-electron chi connectivity index (χ4n) is 3.06. The second-order valence-corrected chi connectivity index (χ2v) is 6.75. The predicted molar refractivity (Wildman–Crippen MR) is 106 cm³/mol. The van der Waals surface area contributed by atoms with Crippen molar-refractivity contribution in [1.82, 2.24) is 4.90 Å². The summed E-state index contributed by atoms with van der Waals surface area (Å²) in [4.78, 5) is 37.2. The van der Waals surface area contributed by atoms with E-state index in [2.05, 4.69) is 0 Å². The van der Waals surface area contributed by atoms with E-state index < -0.39 is 11.9 Å². The minimum absolute atomic E-state index is 0. The van der Waals surface area contributed by atoms with Crippen LogP contribution in [0, 0.1) is 11.3 Å². The van der Waals surface area contributed by atoms with E-state index in [4.69, 9.17) is 21.0 Å². The molecule has 1 amide bonds. The van der Waals surface area contributed by atoms with E-state index >= 15 is 0 Å². The number of halogens is 1. The molecular weight excluding hydrogens is 386 g/mol. The number of nitrogens with two attached hydrogens (primary N) is 1. The minimum atomic E-state index is -1.00. The number of carbonyl (C=O) groups excluding carboxylic acids is 2. The van der Waals surface area contributed by atoms with Crippen LogP contribution in [-0.2, 0) is 14.3 Å². The van der Waals surface area contributed by atoms with E-state index in [0.29, 0.717) is 37.1 Å². The number of ketones is 1. The molecule has 1 fully saturated rings. The third kappa shape index (κ3) is 6.61. The summed E-state index contributed by atoms with van der Waals surface area (Å²) in [6.07, 6.45) is 1.13. The lowest BCUT2D eigenvalue weighted by atomic mass is 9.96. The number of carboxylic acids is 1. The summed E-state index contributed by atoms with van der Waals surface area (Å²) >= 11 is 0. The Bertz CT molecular complexity index is 715. The third-order valence-electron chi connectivity index (χ3n) is 4.63. The molecule has 1 heterocycles. The molecule has 1 saturated heterocycles. The highest BCUT2D eigenvalue weighted by molar-refractivity contribution is 6.00. The number of hydrogen-bond acceptors (Lipinski definition) is 5. The number of piperidine rings is 1. The summed E-state index contributed by atoms with van der Waals surface area (Å²) in [6.45, 7) is 2.40. The maximum absolute atomic E-state index is 12.6. The highest BCUT2D eigenvalue weighted by atomic mass is 35.5. The monoisotopic (exact) mass is 411 g/mol. The van der Waals surface area contributed by atoms with Gasteiger partial charge in [-0.05, 0) is 12.8 Å². The molecule has 1 aromatic carbocycles. The zero-order valence-electron chi connectivity index (χ0n) is 15.7. The van der Waals surface area contributed by atoms with Crippen molar-refractivity contribution in [2.24, 2.45) is 11.7 Å². The van der Waals surface area contributed by atoms with Gasteiger partial charge in [0, 0.05) is 36.6 Å². The lowest BCUT2D eigenvalue weighted by Crippen LogP contribution is -2.43. The summed E-state index contributed by atoms with van der Waals surface area (Å²) in [5, 5.41) is 16.0. The molecule has 1 atom stereocenters. The first-order chi connectivity index (χ1) is 12.8. The number of benzene rings is 1. The number of ether oxygens (including phenoxy) is 1. The normalized spacial score (nSPS) is 15.4. The fraction of sp³-hybridized carbons (Fsp3) is 0.474. The summed E-state index contributed by atoms with van der Waals surface area (Å²) in [5.74, 6) is -1.72. The van der Waals surface area contributed by atoms with Crippen LogP contribution >= 0.6 is 12.4 Å². The van der Waals surface area contributed by atoms with Gasteiger partial charge in [-0.2, -0.15) is 0 Å². The number of rotatable bonds is 8. The number of aliphatic carboxylic acids is 1. The molecule has 0 saturated carbocycles. The van der Waals surface area contributed by atoms with E-state index in [1.807, 2.05) is 0 Å². The molecule has 1 unspecified atom stereocenters. The Morgan fingerprint density at radius 3 is 2.25 bits per heavy atom. The molecule has 8 nitrogen and oxygen atoms in total. The minimum Gasteiger partial charge on any atom is -0.480 e. The van der Waals surface area contributed by atoms with Gasteiger partial charge < -0.3 is 20.5 Å². The number of nitrogens with zero attached hydrogens (tertiary/aromatic N) is 1. The van der Waals surface area contributed by atoms with Crippen LogP contribution in [0.2, 0.25) is 0 Å². The maximum atomic E-state index is 12.6. The highest BCUT2D eigenvalue weighted by Crippen LogP contribution is 2.19. The van der Waals surface area contributed by atoms with E-state index in [1.165, 1.54) is 0 Å². The van der Waals surface area contributed by atoms with Crippen LogP contribution in [0.3, 0.4) is 0 Å². The third-order valence-corrected chi connectivity index (χ3v) is 4.63. The van der Waals surface area contributed by atoms with Crippen molar-refractivity contribution < 1.29 is 24.2 Å². The predicted octanol–water partition coefficient (Wildman–Crippen LogP) is 1.69. The first-order valence-corrected chi connectivity index (χ1v) is 8.87. The van der Waals surface area contributed by atoms with Crippen molar-refractivity contribution in [2.75, 3.05) is 19.7 Å². The standard InChI is InChI=1S/C19H25N3O5.ClH/c1-12(10-16(23)13-2-4-14(5-3-13)18(20)21)19(26)22-8-6-15(7-9-22)27-11-17(24)25;/h2-5,12,15H,6-11H2,1H3,(H3,20,21)(H,24,25);1H. The second kappa shape index (κ2) is 10.8. The van der Waals surface area contributed by atoms with Crippen molar-refractivity contribution >= 4 is 35.9 Å². The van der Waals surface area contributed by atoms with Gasteiger partial charge in [0.25, 0.3) is 0 Å². The largest absolute Gasteiger partial charge is 0.480 e. The zero-order chi connectivity index (χ0) is 20.0. The van der Waals surface area contributed by atoms with Gasteiger partial charge in [-0.15, -0.1) is 12.4 Å². The number of carbonyl (C=O) groups is 3. The quantitative estimate of drug-likeness (QED) is 0.338. The Morgan fingerprint density at radius 2 is 1.75 bits per heavy atom. The molecule has 0 radical (unpaired) electrons. The van der Waals surface area contributed by atoms with Crippen molar-refractivity contribution in [1.29, 1.82) is 5.41 Å². The Balaban J connectivity index is 0.00000392. The second-order valence-electron chi connectivity index (χ2n) is 6.75. The molecule has 0 aromatic heterocycles. The molecule has 9 heteroatoms. The highest BCUT2D eigenvalue weighted by Gasteiger charge is 2.28. The molecule has 2 rings (SSSR count). The molecule has 4 N–H and O–H groups in total. The van der Waals surface area contributed by atoms with Gasteiger partial charge in [-0.3, -0.25) is 15.0 Å². The Hall–Kier alpha value is -2.45. The number of hydrogen-bond donors (Lipinski definition) is 3. The first-order valence-electron chi connectivity index (χ1n) is 8.87. The van der Waals surface area contributed by atoms with E-state index in [-0.39, 0.29) is 49.1 Å². The summed E-state index contributed by atoms with van der Waals surface area (Å²) < 4.78 is 5.27. The summed E-state index contributed by atoms with van der Waals surface area (Å²) in [6, 6.07) is 6.46. The van der Waals surface area contributed by atoms with Gasteiger partial charge in [0.05, 0.1) is 6.10 Å². The van der Waals surface area contributed by atoms with Crippen LogP contribution < -0.4 is 5.73 Å². The molecule has 1 aliphatic heterocycles. The van der Waals surface area contributed by atoms with E-state index in [9.17, 15) is 14.4 Å². The Kier molecular flexibility index (Phi) is 9.08. The number of Topliss-reactive ketones (excluding diaryl/α,β-unsaturated/α-hetero) is 1. The topological polar surface area (TPSA) is 134 Å². The molecule has 1 aliphatic rings. The summed E-state index contributed by atoms with van der Waals surface area (Å²) in [7, 11) is 0. The zero-order valence-corrected chi connectivity index (χ0v) is 16.5. The van der Waals surface area contributed by atoms with Crippen LogP contribution in [-0.4, -0.2) is 59.3 Å². The molecule has 1 aromatic rings. The van der Waals surface area contributed by atoms with Crippen LogP contribution in [0.25, 0.3) is 0 Å². The van der Waals surface area contributed by atoms with E-state index in [0.717, 1.165) is 0 Å². The van der Waals surface area contributed by atoms with Crippen LogP contribution in [0.15, 0.2) is 24.3 Å². The lowest BCUT2D eigenvalue weighted by molar-refractivity contribution is -0.147. The van der Waals surface area contributed by atoms with Crippen LogP contribution in [0.4, 0.5) is 0 Å². The van der Waals surface area contributed by atoms with Gasteiger partial charge in [0.15, 0.2) is 5.78 Å². The van der Waals surface area contributed by atoms with Gasteiger partial charge >= 0.3 is 5.97 Å². The van der Waals surface area contributed by atoms with Crippen molar-refractivity contribution in [3.63, 3.8) is 0 Å². The molecule has 0 spiro atoms. The number of likely N-dealkylation sites (tertiary alicyclic amines) is 1.